The molecule has 1 amide bonds. The molecule has 1 rings (SSSR count). The molecular formula is C13H19NO3S. The van der Waals surface area contributed by atoms with E-state index in [0.29, 0.717) is 6.42 Å². The molecule has 2 atom stereocenters. The van der Waals surface area contributed by atoms with Gasteiger partial charge in [-0.25, -0.2) is 4.79 Å². The van der Waals surface area contributed by atoms with Gasteiger partial charge < -0.3 is 10.4 Å². The van der Waals surface area contributed by atoms with Gasteiger partial charge in [0.2, 0.25) is 5.91 Å². The van der Waals surface area contributed by atoms with Crippen LogP contribution < -0.4 is 5.32 Å². The fraction of sp³-hybridized carbons (Fsp3) is 0.538. The van der Waals surface area contributed by atoms with E-state index in [1.807, 2.05) is 30.7 Å². The molecule has 100 valence electrons. The minimum absolute atomic E-state index is 0.225. The zero-order chi connectivity index (χ0) is 13.7. The molecule has 1 heterocycles. The summed E-state index contributed by atoms with van der Waals surface area (Å²) in [5, 5.41) is 15.5. The molecule has 0 aliphatic rings. The summed E-state index contributed by atoms with van der Waals surface area (Å²) >= 11 is 1.52. The summed E-state index contributed by atoms with van der Waals surface area (Å²) in [6.07, 6.45) is 0.442. The number of amides is 1. The number of carboxylic acid groups (broad SMARTS) is 1. The zero-order valence-corrected chi connectivity index (χ0v) is 11.7. The van der Waals surface area contributed by atoms with Gasteiger partial charge >= 0.3 is 5.97 Å². The molecule has 1 aromatic heterocycles. The summed E-state index contributed by atoms with van der Waals surface area (Å²) < 4.78 is 0. The predicted molar refractivity (Wildman–Crippen MR) is 71.8 cm³/mol. The van der Waals surface area contributed by atoms with E-state index in [4.69, 9.17) is 5.11 Å². The van der Waals surface area contributed by atoms with Crippen molar-refractivity contribution in [3.8, 4) is 0 Å². The maximum Gasteiger partial charge on any atom is 0.326 e. The van der Waals surface area contributed by atoms with E-state index in [1.165, 1.54) is 11.3 Å². The molecule has 18 heavy (non-hydrogen) atoms. The molecule has 0 aromatic carbocycles. The first-order chi connectivity index (χ1) is 8.41. The van der Waals surface area contributed by atoms with E-state index < -0.39 is 12.0 Å². The average molecular weight is 269 g/mol. The Morgan fingerprint density at radius 2 is 2.06 bits per heavy atom. The summed E-state index contributed by atoms with van der Waals surface area (Å²) in [7, 11) is 0. The number of rotatable bonds is 6. The van der Waals surface area contributed by atoms with Gasteiger partial charge in [-0.15, -0.1) is 0 Å². The third-order valence-corrected chi connectivity index (χ3v) is 3.46. The van der Waals surface area contributed by atoms with Gasteiger partial charge in [0.15, 0.2) is 0 Å². The van der Waals surface area contributed by atoms with Gasteiger partial charge in [0, 0.05) is 0 Å². The van der Waals surface area contributed by atoms with Crippen molar-refractivity contribution in [1.82, 2.24) is 5.32 Å². The summed E-state index contributed by atoms with van der Waals surface area (Å²) in [6, 6.07) is 1.08. The van der Waals surface area contributed by atoms with Gasteiger partial charge in [0.1, 0.15) is 6.04 Å². The second-order valence-electron chi connectivity index (χ2n) is 4.81. The van der Waals surface area contributed by atoms with E-state index in [1.54, 1.807) is 6.92 Å². The lowest BCUT2D eigenvalue weighted by atomic mass is 10.0. The maximum absolute atomic E-state index is 12.0. The lowest BCUT2D eigenvalue weighted by Gasteiger charge is -2.18. The van der Waals surface area contributed by atoms with Crippen LogP contribution in [0.5, 0.6) is 0 Å². The third kappa shape index (κ3) is 4.14. The number of aliphatic carboxylic acids is 1. The molecule has 0 aliphatic heterocycles. The Morgan fingerprint density at radius 1 is 1.39 bits per heavy atom. The molecular weight excluding hydrogens is 250 g/mol. The zero-order valence-electron chi connectivity index (χ0n) is 10.8. The average Bonchev–Trinajstić information content (AvgIpc) is 2.79. The molecule has 0 bridgehead atoms. The quantitative estimate of drug-likeness (QED) is 0.833. The van der Waals surface area contributed by atoms with Crippen molar-refractivity contribution in [3.05, 3.63) is 22.4 Å². The minimum Gasteiger partial charge on any atom is -0.480 e. The first kappa shape index (κ1) is 14.7. The second kappa shape index (κ2) is 6.54. The van der Waals surface area contributed by atoms with Crippen LogP contribution in [0.1, 0.15) is 38.7 Å². The Bertz CT molecular complexity index is 400. The van der Waals surface area contributed by atoms with Crippen LogP contribution in [0.15, 0.2) is 16.8 Å². The molecule has 0 radical (unpaired) electrons. The van der Waals surface area contributed by atoms with Crippen molar-refractivity contribution in [2.75, 3.05) is 0 Å². The SMILES string of the molecule is CC(C)CC(NC(=O)C(C)c1ccsc1)C(=O)O. The van der Waals surface area contributed by atoms with Crippen LogP contribution in [0.4, 0.5) is 0 Å². The van der Waals surface area contributed by atoms with Crippen molar-refractivity contribution >= 4 is 23.2 Å². The molecule has 2 N–H and O–H groups in total. The number of thiophene rings is 1. The van der Waals surface area contributed by atoms with Gasteiger partial charge in [-0.05, 0) is 41.7 Å². The first-order valence-corrected chi connectivity index (χ1v) is 6.91. The van der Waals surface area contributed by atoms with Gasteiger partial charge in [0.05, 0.1) is 5.92 Å². The summed E-state index contributed by atoms with van der Waals surface area (Å²) in [5.41, 5.74) is 0.922. The van der Waals surface area contributed by atoms with Crippen LogP contribution in [0.3, 0.4) is 0 Å². The minimum atomic E-state index is -0.977. The molecule has 0 aliphatic carbocycles. The standard InChI is InChI=1S/C13H19NO3S/c1-8(2)6-11(13(16)17)14-12(15)9(3)10-4-5-18-7-10/h4-5,7-9,11H,6H2,1-3H3,(H,14,15)(H,16,17). The number of hydrogen-bond donors (Lipinski definition) is 2. The molecule has 2 unspecified atom stereocenters. The largest absolute Gasteiger partial charge is 0.480 e. The summed E-state index contributed by atoms with van der Waals surface area (Å²) in [4.78, 5) is 23.0. The van der Waals surface area contributed by atoms with Crippen molar-refractivity contribution in [2.45, 2.75) is 39.2 Å². The monoisotopic (exact) mass is 269 g/mol. The van der Waals surface area contributed by atoms with Gasteiger partial charge in [-0.2, -0.15) is 11.3 Å². The fourth-order valence-electron chi connectivity index (χ4n) is 1.66. The van der Waals surface area contributed by atoms with Gasteiger partial charge in [-0.1, -0.05) is 13.8 Å². The molecule has 0 fully saturated rings. The lowest BCUT2D eigenvalue weighted by Crippen LogP contribution is -2.43. The molecule has 4 nitrogen and oxygen atoms in total. The van der Waals surface area contributed by atoms with E-state index in [0.717, 1.165) is 5.56 Å². The second-order valence-corrected chi connectivity index (χ2v) is 5.59. The Labute approximate surface area is 111 Å². The number of hydrogen-bond acceptors (Lipinski definition) is 3. The number of carboxylic acids is 1. The number of carbonyl (C=O) groups is 2. The van der Waals surface area contributed by atoms with E-state index in [-0.39, 0.29) is 17.7 Å². The topological polar surface area (TPSA) is 66.4 Å². The Balaban J connectivity index is 2.64. The van der Waals surface area contributed by atoms with Crippen LogP contribution in [0.25, 0.3) is 0 Å². The third-order valence-electron chi connectivity index (χ3n) is 2.76. The Hall–Kier alpha value is -1.36. The van der Waals surface area contributed by atoms with Crippen molar-refractivity contribution in [3.63, 3.8) is 0 Å². The molecule has 0 saturated carbocycles. The smallest absolute Gasteiger partial charge is 0.326 e. The van der Waals surface area contributed by atoms with Gasteiger partial charge in [0.25, 0.3) is 0 Å². The highest BCUT2D eigenvalue weighted by atomic mass is 32.1. The maximum atomic E-state index is 12.0. The molecule has 5 heteroatoms. The fourth-order valence-corrected chi connectivity index (χ4v) is 2.42. The summed E-state index contributed by atoms with van der Waals surface area (Å²) in [6.45, 7) is 5.65. The highest BCUT2D eigenvalue weighted by Crippen LogP contribution is 2.18. The van der Waals surface area contributed by atoms with Crippen molar-refractivity contribution in [1.29, 1.82) is 0 Å². The predicted octanol–water partition coefficient (Wildman–Crippen LogP) is 2.47. The molecule has 0 saturated heterocycles. The van der Waals surface area contributed by atoms with E-state index in [9.17, 15) is 9.59 Å². The highest BCUT2D eigenvalue weighted by molar-refractivity contribution is 7.08. The molecule has 0 spiro atoms. The highest BCUT2D eigenvalue weighted by Gasteiger charge is 2.24. The van der Waals surface area contributed by atoms with Crippen LogP contribution in [-0.2, 0) is 9.59 Å². The van der Waals surface area contributed by atoms with Crippen LogP contribution in [-0.4, -0.2) is 23.0 Å². The lowest BCUT2D eigenvalue weighted by molar-refractivity contribution is -0.142. The number of carbonyl (C=O) groups excluding carboxylic acids is 1. The van der Waals surface area contributed by atoms with E-state index in [2.05, 4.69) is 5.32 Å². The van der Waals surface area contributed by atoms with Crippen molar-refractivity contribution in [2.24, 2.45) is 5.92 Å². The van der Waals surface area contributed by atoms with Crippen LogP contribution in [0, 0.1) is 5.92 Å². The summed E-state index contributed by atoms with van der Waals surface area (Å²) in [5.74, 6) is -1.30. The van der Waals surface area contributed by atoms with Crippen molar-refractivity contribution < 1.29 is 14.7 Å². The number of nitrogens with one attached hydrogen (secondary N) is 1. The van der Waals surface area contributed by atoms with E-state index >= 15 is 0 Å². The molecule has 1 aromatic rings. The Kier molecular flexibility index (Phi) is 5.34. The first-order valence-electron chi connectivity index (χ1n) is 5.97. The van der Waals surface area contributed by atoms with Crippen LogP contribution in [0.2, 0.25) is 0 Å². The Morgan fingerprint density at radius 3 is 2.50 bits per heavy atom. The normalized spacial score (nSPS) is 14.2. The van der Waals surface area contributed by atoms with Gasteiger partial charge in [-0.3, -0.25) is 4.79 Å². The van der Waals surface area contributed by atoms with Crippen LogP contribution >= 0.6 is 11.3 Å².